The molecule has 2 aliphatic heterocycles. The van der Waals surface area contributed by atoms with Crippen LogP contribution in [0, 0.1) is 0 Å². The molecule has 0 spiro atoms. The number of ketones is 1. The standard InChI is InChI=1S/C28H27NO6/c1-3-12-33-21-9-6-18(7-10-21)25-24(27(31)28(32)29(25)16-22-5-4-13-34-22)26(30)19-8-11-23-20(15-19)14-17(2)35-23/h4-11,13,15,17,25,30H,3,12,14,16H2,1-2H3/t17-,25+/m0/s1. The predicted octanol–water partition coefficient (Wildman–Crippen LogP) is 5.01. The van der Waals surface area contributed by atoms with Gasteiger partial charge in [-0.15, -0.1) is 0 Å². The van der Waals surface area contributed by atoms with Gasteiger partial charge in [0.2, 0.25) is 0 Å². The Morgan fingerprint density at radius 1 is 1.14 bits per heavy atom. The van der Waals surface area contributed by atoms with Gasteiger partial charge in [-0.2, -0.15) is 0 Å². The fraction of sp³-hybridized carbons (Fsp3) is 0.286. The van der Waals surface area contributed by atoms with Crippen LogP contribution < -0.4 is 9.47 Å². The van der Waals surface area contributed by atoms with Crippen LogP contribution in [0.25, 0.3) is 5.76 Å². The second kappa shape index (κ2) is 9.33. The van der Waals surface area contributed by atoms with E-state index < -0.39 is 17.7 Å². The van der Waals surface area contributed by atoms with Crippen molar-refractivity contribution < 1.29 is 28.6 Å². The molecule has 1 fully saturated rings. The van der Waals surface area contributed by atoms with Crippen LogP contribution in [0.2, 0.25) is 0 Å². The molecule has 1 amide bonds. The summed E-state index contributed by atoms with van der Waals surface area (Å²) >= 11 is 0. The number of ether oxygens (including phenoxy) is 2. The third-order valence-corrected chi connectivity index (χ3v) is 6.28. The van der Waals surface area contributed by atoms with Crippen molar-refractivity contribution in [2.24, 2.45) is 0 Å². The first-order valence-electron chi connectivity index (χ1n) is 11.8. The highest BCUT2D eigenvalue weighted by molar-refractivity contribution is 6.46. The van der Waals surface area contributed by atoms with E-state index in [-0.39, 0.29) is 24.0 Å². The fourth-order valence-corrected chi connectivity index (χ4v) is 4.65. The summed E-state index contributed by atoms with van der Waals surface area (Å²) in [5.74, 6) is 0.401. The highest BCUT2D eigenvalue weighted by Gasteiger charge is 2.46. The Morgan fingerprint density at radius 3 is 2.66 bits per heavy atom. The number of fused-ring (bicyclic) bond motifs is 1. The van der Waals surface area contributed by atoms with Gasteiger partial charge in [0.25, 0.3) is 11.7 Å². The van der Waals surface area contributed by atoms with Gasteiger partial charge >= 0.3 is 0 Å². The van der Waals surface area contributed by atoms with Crippen LogP contribution in [-0.2, 0) is 22.6 Å². The lowest BCUT2D eigenvalue weighted by atomic mass is 9.94. The van der Waals surface area contributed by atoms with E-state index in [4.69, 9.17) is 13.9 Å². The van der Waals surface area contributed by atoms with Crippen molar-refractivity contribution in [1.29, 1.82) is 0 Å². The van der Waals surface area contributed by atoms with E-state index >= 15 is 0 Å². The number of amides is 1. The molecule has 1 N–H and O–H groups in total. The number of rotatable bonds is 7. The number of hydrogen-bond donors (Lipinski definition) is 1. The molecule has 2 atom stereocenters. The van der Waals surface area contributed by atoms with Crippen LogP contribution >= 0.6 is 0 Å². The highest BCUT2D eigenvalue weighted by atomic mass is 16.5. The minimum absolute atomic E-state index is 0.0507. The van der Waals surface area contributed by atoms with Crippen LogP contribution in [0.3, 0.4) is 0 Å². The molecule has 3 heterocycles. The molecule has 35 heavy (non-hydrogen) atoms. The molecule has 2 aliphatic rings. The van der Waals surface area contributed by atoms with E-state index in [1.54, 1.807) is 24.3 Å². The second-order valence-electron chi connectivity index (χ2n) is 8.88. The number of carbonyl (C=O) groups is 2. The van der Waals surface area contributed by atoms with Crippen molar-refractivity contribution in [2.75, 3.05) is 6.61 Å². The van der Waals surface area contributed by atoms with Crippen molar-refractivity contribution >= 4 is 17.4 Å². The normalized spacial score (nSPS) is 20.7. The zero-order chi connectivity index (χ0) is 24.5. The number of hydrogen-bond acceptors (Lipinski definition) is 6. The number of nitrogens with zero attached hydrogens (tertiary/aromatic N) is 1. The number of Topliss-reactive ketones (excluding diaryl/α,β-unsaturated/α-hetero) is 1. The zero-order valence-corrected chi connectivity index (χ0v) is 19.7. The fourth-order valence-electron chi connectivity index (χ4n) is 4.65. The first kappa shape index (κ1) is 22.8. The number of carbonyl (C=O) groups excluding carboxylic acids is 2. The predicted molar refractivity (Wildman–Crippen MR) is 129 cm³/mol. The number of likely N-dealkylation sites (tertiary alicyclic amines) is 1. The largest absolute Gasteiger partial charge is 0.507 e. The summed E-state index contributed by atoms with van der Waals surface area (Å²) in [6, 6.07) is 15.3. The average molecular weight is 474 g/mol. The maximum absolute atomic E-state index is 13.2. The Morgan fingerprint density at radius 2 is 1.94 bits per heavy atom. The van der Waals surface area contributed by atoms with E-state index in [0.717, 1.165) is 17.7 Å². The van der Waals surface area contributed by atoms with Gasteiger partial charge in [-0.05, 0) is 66.9 Å². The Kier molecular flexibility index (Phi) is 6.07. The molecule has 7 heteroatoms. The first-order chi connectivity index (χ1) is 17.0. The molecule has 180 valence electrons. The smallest absolute Gasteiger partial charge is 0.296 e. The molecule has 1 saturated heterocycles. The summed E-state index contributed by atoms with van der Waals surface area (Å²) in [5, 5.41) is 11.3. The molecule has 0 unspecified atom stereocenters. The van der Waals surface area contributed by atoms with Crippen molar-refractivity contribution in [2.45, 2.75) is 45.4 Å². The molecule has 0 bridgehead atoms. The van der Waals surface area contributed by atoms with Crippen molar-refractivity contribution in [1.82, 2.24) is 4.90 Å². The maximum atomic E-state index is 13.2. The van der Waals surface area contributed by atoms with Crippen molar-refractivity contribution in [3.63, 3.8) is 0 Å². The van der Waals surface area contributed by atoms with E-state index in [0.29, 0.717) is 35.7 Å². The van der Waals surface area contributed by atoms with E-state index in [1.807, 2.05) is 44.2 Å². The van der Waals surface area contributed by atoms with E-state index in [9.17, 15) is 14.7 Å². The topological polar surface area (TPSA) is 89.2 Å². The Hall–Kier alpha value is -4.00. The summed E-state index contributed by atoms with van der Waals surface area (Å²) in [5.41, 5.74) is 2.18. The van der Waals surface area contributed by atoms with Gasteiger partial charge in [0.05, 0.1) is 31.0 Å². The summed E-state index contributed by atoms with van der Waals surface area (Å²) in [6.07, 6.45) is 3.17. The third kappa shape index (κ3) is 4.30. The minimum Gasteiger partial charge on any atom is -0.507 e. The molecular weight excluding hydrogens is 446 g/mol. The summed E-state index contributed by atoms with van der Waals surface area (Å²) < 4.78 is 16.9. The van der Waals surface area contributed by atoms with Crippen LogP contribution in [0.1, 0.15) is 48.8 Å². The van der Waals surface area contributed by atoms with Gasteiger partial charge in [-0.1, -0.05) is 19.1 Å². The van der Waals surface area contributed by atoms with Crippen molar-refractivity contribution in [3.05, 3.63) is 88.9 Å². The summed E-state index contributed by atoms with van der Waals surface area (Å²) in [7, 11) is 0. The minimum atomic E-state index is -0.774. The highest BCUT2D eigenvalue weighted by Crippen LogP contribution is 2.41. The van der Waals surface area contributed by atoms with Gasteiger partial charge < -0.3 is 23.9 Å². The van der Waals surface area contributed by atoms with Crippen LogP contribution in [0.4, 0.5) is 0 Å². The molecule has 2 aromatic carbocycles. The molecule has 3 aromatic rings. The average Bonchev–Trinajstić information content (AvgIpc) is 3.57. The van der Waals surface area contributed by atoms with Crippen LogP contribution in [-0.4, -0.2) is 34.4 Å². The van der Waals surface area contributed by atoms with Gasteiger partial charge in [0.15, 0.2) is 0 Å². The van der Waals surface area contributed by atoms with Gasteiger partial charge in [0, 0.05) is 12.0 Å². The van der Waals surface area contributed by atoms with Gasteiger partial charge in [0.1, 0.15) is 29.1 Å². The van der Waals surface area contributed by atoms with E-state index in [2.05, 4.69) is 0 Å². The molecule has 7 nitrogen and oxygen atoms in total. The Bertz CT molecular complexity index is 1280. The Labute approximate surface area is 203 Å². The quantitative estimate of drug-likeness (QED) is 0.295. The molecule has 5 rings (SSSR count). The number of aliphatic hydroxyl groups excluding tert-OH is 1. The second-order valence-corrected chi connectivity index (χ2v) is 8.88. The summed E-state index contributed by atoms with van der Waals surface area (Å²) in [6.45, 7) is 4.70. The lowest BCUT2D eigenvalue weighted by molar-refractivity contribution is -0.140. The molecule has 0 radical (unpaired) electrons. The molecule has 1 aromatic heterocycles. The van der Waals surface area contributed by atoms with Gasteiger partial charge in [-0.25, -0.2) is 0 Å². The molecule has 0 aliphatic carbocycles. The van der Waals surface area contributed by atoms with Crippen molar-refractivity contribution in [3.8, 4) is 11.5 Å². The Balaban J connectivity index is 1.58. The molecular formula is C28H27NO6. The van der Waals surface area contributed by atoms with Crippen LogP contribution in [0.5, 0.6) is 11.5 Å². The number of furan rings is 1. The lowest BCUT2D eigenvalue weighted by Crippen LogP contribution is -2.29. The number of benzene rings is 2. The van der Waals surface area contributed by atoms with E-state index in [1.165, 1.54) is 11.2 Å². The SMILES string of the molecule is CCCOc1ccc([C@@H]2C(=C(O)c3ccc4c(c3)C[C@H](C)O4)C(=O)C(=O)N2Cc2ccco2)cc1. The monoisotopic (exact) mass is 473 g/mol. The number of aliphatic hydroxyl groups is 1. The van der Waals surface area contributed by atoms with Crippen LogP contribution in [0.15, 0.2) is 70.9 Å². The molecule has 0 saturated carbocycles. The third-order valence-electron chi connectivity index (χ3n) is 6.28. The maximum Gasteiger partial charge on any atom is 0.296 e. The lowest BCUT2D eigenvalue weighted by Gasteiger charge is -2.24. The summed E-state index contributed by atoms with van der Waals surface area (Å²) in [4.78, 5) is 27.8. The zero-order valence-electron chi connectivity index (χ0n) is 19.7. The van der Waals surface area contributed by atoms with Gasteiger partial charge in [-0.3, -0.25) is 9.59 Å². The first-order valence-corrected chi connectivity index (χ1v) is 11.8.